The number of imide groups is 1. The van der Waals surface area contributed by atoms with Crippen LogP contribution in [-0.4, -0.2) is 44.4 Å². The van der Waals surface area contributed by atoms with Crippen molar-refractivity contribution in [3.05, 3.63) is 24.3 Å². The van der Waals surface area contributed by atoms with Gasteiger partial charge in [-0.3, -0.25) is 10.1 Å². The largest absolute Gasteiger partial charge is 0.338 e. The molecule has 0 saturated carbocycles. The van der Waals surface area contributed by atoms with Gasteiger partial charge in [0.25, 0.3) is 0 Å². The molecule has 0 atom stereocenters. The van der Waals surface area contributed by atoms with Crippen LogP contribution >= 0.6 is 11.8 Å². The van der Waals surface area contributed by atoms with E-state index < -0.39 is 11.9 Å². The molecule has 0 aliphatic heterocycles. The molecule has 8 nitrogen and oxygen atoms in total. The van der Waals surface area contributed by atoms with Crippen LogP contribution in [0.2, 0.25) is 0 Å². The lowest BCUT2D eigenvalue weighted by atomic mass is 10.1. The van der Waals surface area contributed by atoms with Gasteiger partial charge in [-0.1, -0.05) is 43.8 Å². The van der Waals surface area contributed by atoms with Crippen molar-refractivity contribution in [1.82, 2.24) is 30.8 Å². The van der Waals surface area contributed by atoms with Gasteiger partial charge in [0.05, 0.1) is 5.75 Å². The first-order valence-electron chi connectivity index (χ1n) is 8.34. The Hall–Kier alpha value is -2.68. The molecule has 0 unspecified atom stereocenters. The Morgan fingerprint density at radius 2 is 2.04 bits per heavy atom. The number of rotatable bonds is 6. The maximum atomic E-state index is 11.9. The summed E-state index contributed by atoms with van der Waals surface area (Å²) in [6.07, 6.45) is 0.861. The zero-order valence-corrected chi connectivity index (χ0v) is 15.4. The molecule has 0 radical (unpaired) electrons. The number of amides is 3. The number of carbonyl (C=O) groups excluding carboxylic acids is 2. The van der Waals surface area contributed by atoms with Crippen molar-refractivity contribution in [3.8, 4) is 0 Å². The fourth-order valence-corrected chi connectivity index (χ4v) is 2.97. The van der Waals surface area contributed by atoms with E-state index in [1.165, 1.54) is 0 Å². The van der Waals surface area contributed by atoms with Crippen molar-refractivity contribution < 1.29 is 9.59 Å². The lowest BCUT2D eigenvalue weighted by molar-refractivity contribution is -0.117. The Morgan fingerprint density at radius 3 is 2.85 bits per heavy atom. The lowest BCUT2D eigenvalue weighted by Crippen LogP contribution is -2.40. The van der Waals surface area contributed by atoms with E-state index in [-0.39, 0.29) is 5.75 Å². The minimum atomic E-state index is -0.485. The third kappa shape index (κ3) is 4.48. The average Bonchev–Trinajstić information content (AvgIpc) is 2.97. The van der Waals surface area contributed by atoms with Gasteiger partial charge in [-0.05, 0) is 18.4 Å². The molecular formula is C17H20N6O2S. The quantitative estimate of drug-likeness (QED) is 0.573. The van der Waals surface area contributed by atoms with Gasteiger partial charge < -0.3 is 10.3 Å². The number of thioether (sulfide) groups is 1. The van der Waals surface area contributed by atoms with Crippen LogP contribution in [0.1, 0.15) is 20.3 Å². The summed E-state index contributed by atoms with van der Waals surface area (Å²) in [5, 5.41) is 14.5. The zero-order chi connectivity index (χ0) is 18.5. The fraction of sp³-hybridized carbons (Fsp3) is 0.353. The molecule has 136 valence electrons. The molecule has 0 saturated heterocycles. The van der Waals surface area contributed by atoms with Crippen molar-refractivity contribution in [2.45, 2.75) is 25.4 Å². The van der Waals surface area contributed by atoms with Crippen LogP contribution in [0.5, 0.6) is 0 Å². The maximum Gasteiger partial charge on any atom is 0.321 e. The molecule has 0 spiro atoms. The molecule has 3 aromatic rings. The lowest BCUT2D eigenvalue weighted by Gasteiger charge is -2.07. The molecule has 9 heteroatoms. The number of hydrogen-bond donors (Lipinski definition) is 3. The number of urea groups is 1. The first-order chi connectivity index (χ1) is 12.5. The van der Waals surface area contributed by atoms with Gasteiger partial charge >= 0.3 is 6.03 Å². The van der Waals surface area contributed by atoms with Gasteiger partial charge in [0.2, 0.25) is 11.1 Å². The highest BCUT2D eigenvalue weighted by Crippen LogP contribution is 2.23. The topological polar surface area (TPSA) is 113 Å². The minimum Gasteiger partial charge on any atom is -0.338 e. The summed E-state index contributed by atoms with van der Waals surface area (Å²) < 4.78 is 0. The molecule has 0 aliphatic carbocycles. The van der Waals surface area contributed by atoms with E-state index in [1.54, 1.807) is 0 Å². The van der Waals surface area contributed by atoms with Crippen molar-refractivity contribution in [2.75, 3.05) is 12.3 Å². The van der Waals surface area contributed by atoms with Crippen LogP contribution < -0.4 is 10.6 Å². The van der Waals surface area contributed by atoms with Crippen LogP contribution in [0, 0.1) is 5.92 Å². The number of fused-ring (bicyclic) bond motifs is 3. The van der Waals surface area contributed by atoms with E-state index in [9.17, 15) is 9.59 Å². The third-order valence-corrected chi connectivity index (χ3v) is 4.53. The standard InChI is InChI=1S/C17H20N6O2S/c1-10(2)7-8-18-16(25)20-13(24)9-26-17-21-15-14(22-23-17)11-5-3-4-6-12(11)19-15/h3-6,10H,7-9H2,1-2H3,(H,19,21,23)(H2,18,20,24,25). The van der Waals surface area contributed by atoms with Gasteiger partial charge in [-0.15, -0.1) is 10.2 Å². The Morgan fingerprint density at radius 1 is 1.23 bits per heavy atom. The molecule has 3 rings (SSSR count). The number of aromatic amines is 1. The Labute approximate surface area is 154 Å². The number of benzene rings is 1. The second-order valence-electron chi connectivity index (χ2n) is 6.24. The predicted molar refractivity (Wildman–Crippen MR) is 101 cm³/mol. The molecule has 1 aromatic carbocycles. The summed E-state index contributed by atoms with van der Waals surface area (Å²) >= 11 is 1.13. The predicted octanol–water partition coefficient (Wildman–Crippen LogP) is 2.47. The number of aromatic nitrogens is 4. The van der Waals surface area contributed by atoms with Gasteiger partial charge in [0, 0.05) is 17.4 Å². The molecule has 2 aromatic heterocycles. The van der Waals surface area contributed by atoms with Crippen molar-refractivity contribution in [1.29, 1.82) is 0 Å². The van der Waals surface area contributed by atoms with E-state index in [0.29, 0.717) is 28.8 Å². The van der Waals surface area contributed by atoms with E-state index >= 15 is 0 Å². The van der Waals surface area contributed by atoms with E-state index in [2.05, 4.69) is 44.6 Å². The van der Waals surface area contributed by atoms with Crippen LogP contribution in [0.4, 0.5) is 4.79 Å². The van der Waals surface area contributed by atoms with Crippen LogP contribution in [-0.2, 0) is 4.79 Å². The van der Waals surface area contributed by atoms with Gasteiger partial charge in [0.1, 0.15) is 5.52 Å². The number of nitrogens with one attached hydrogen (secondary N) is 3. The smallest absolute Gasteiger partial charge is 0.321 e. The second kappa shape index (κ2) is 8.13. The number of nitrogens with zero attached hydrogens (tertiary/aromatic N) is 3. The van der Waals surface area contributed by atoms with E-state index in [0.717, 1.165) is 29.1 Å². The SMILES string of the molecule is CC(C)CCNC(=O)NC(=O)CSc1nnc2c(n1)[nH]c1ccccc12. The minimum absolute atomic E-state index is 0.0328. The summed E-state index contributed by atoms with van der Waals surface area (Å²) in [5.41, 5.74) is 2.25. The second-order valence-corrected chi connectivity index (χ2v) is 7.18. The van der Waals surface area contributed by atoms with Crippen LogP contribution in [0.15, 0.2) is 29.4 Å². The highest BCUT2D eigenvalue weighted by Gasteiger charge is 2.12. The van der Waals surface area contributed by atoms with Crippen LogP contribution in [0.3, 0.4) is 0 Å². The molecule has 26 heavy (non-hydrogen) atoms. The highest BCUT2D eigenvalue weighted by molar-refractivity contribution is 7.99. The van der Waals surface area contributed by atoms with Crippen molar-refractivity contribution in [2.24, 2.45) is 5.92 Å². The van der Waals surface area contributed by atoms with E-state index in [1.807, 2.05) is 24.3 Å². The monoisotopic (exact) mass is 372 g/mol. The Bertz CT molecular complexity index is 939. The normalized spacial score (nSPS) is 11.2. The summed E-state index contributed by atoms with van der Waals surface area (Å²) in [7, 11) is 0. The molecule has 0 fully saturated rings. The summed E-state index contributed by atoms with van der Waals surface area (Å²) in [6, 6.07) is 7.26. The van der Waals surface area contributed by atoms with Crippen LogP contribution in [0.25, 0.3) is 22.1 Å². The van der Waals surface area contributed by atoms with Crippen molar-refractivity contribution in [3.63, 3.8) is 0 Å². The van der Waals surface area contributed by atoms with E-state index in [4.69, 9.17) is 0 Å². The van der Waals surface area contributed by atoms with Gasteiger partial charge in [0.15, 0.2) is 5.65 Å². The molecule has 0 aliphatic rings. The molecule has 3 N–H and O–H groups in total. The molecule has 0 bridgehead atoms. The number of H-pyrrole nitrogens is 1. The zero-order valence-electron chi connectivity index (χ0n) is 14.6. The number of hydrogen-bond acceptors (Lipinski definition) is 6. The summed E-state index contributed by atoms with van der Waals surface area (Å²) in [4.78, 5) is 31.0. The van der Waals surface area contributed by atoms with Crippen molar-refractivity contribution >= 4 is 45.8 Å². The Kier molecular flexibility index (Phi) is 5.67. The fourth-order valence-electron chi connectivity index (χ4n) is 2.38. The van der Waals surface area contributed by atoms with Gasteiger partial charge in [-0.25, -0.2) is 9.78 Å². The third-order valence-electron chi connectivity index (χ3n) is 3.70. The molecular weight excluding hydrogens is 352 g/mol. The summed E-state index contributed by atoms with van der Waals surface area (Å²) in [6.45, 7) is 4.67. The molecule has 2 heterocycles. The average molecular weight is 372 g/mol. The summed E-state index contributed by atoms with van der Waals surface area (Å²) in [5.74, 6) is 0.119. The Balaban J connectivity index is 1.55. The number of para-hydroxylation sites is 1. The first kappa shape index (κ1) is 18.1. The number of carbonyl (C=O) groups is 2. The van der Waals surface area contributed by atoms with Gasteiger partial charge in [-0.2, -0.15) is 0 Å². The maximum absolute atomic E-state index is 11.9. The first-order valence-corrected chi connectivity index (χ1v) is 9.33. The highest BCUT2D eigenvalue weighted by atomic mass is 32.2. The molecule has 3 amide bonds.